The molecular weight excluding hydrogens is 496 g/mol. The first-order valence-corrected chi connectivity index (χ1v) is 13.0. The number of aliphatic hydroxyl groups is 1. The van der Waals surface area contributed by atoms with E-state index in [1.165, 1.54) is 4.90 Å². The van der Waals surface area contributed by atoms with Crippen LogP contribution in [0.3, 0.4) is 0 Å². The number of hydrogen-bond acceptors (Lipinski definition) is 7. The Balaban J connectivity index is 1.81. The average Bonchev–Trinajstić information content (AvgIpc) is 3.18. The molecule has 2 aromatic carbocycles. The quantitative estimate of drug-likeness (QED) is 0.198. The molecule has 0 spiro atoms. The van der Waals surface area contributed by atoms with Gasteiger partial charge in [-0.15, -0.1) is 0 Å². The Bertz CT molecular complexity index is 1350. The Morgan fingerprint density at radius 2 is 1.79 bits per heavy atom. The van der Waals surface area contributed by atoms with Crippen molar-refractivity contribution < 1.29 is 28.9 Å². The molecule has 39 heavy (non-hydrogen) atoms. The van der Waals surface area contributed by atoms with Gasteiger partial charge in [-0.2, -0.15) is 0 Å². The molecule has 1 N–H and O–H groups in total. The third kappa shape index (κ3) is 6.22. The van der Waals surface area contributed by atoms with Crippen LogP contribution in [-0.2, 0) is 16.1 Å². The Hall–Kier alpha value is -4.33. The number of pyridine rings is 1. The topological polar surface area (TPSA) is 98.2 Å². The molecule has 1 fully saturated rings. The van der Waals surface area contributed by atoms with Crippen LogP contribution < -0.4 is 14.2 Å². The van der Waals surface area contributed by atoms with Gasteiger partial charge in [0.05, 0.1) is 31.9 Å². The summed E-state index contributed by atoms with van der Waals surface area (Å²) in [5, 5.41) is 11.4. The molecule has 204 valence electrons. The summed E-state index contributed by atoms with van der Waals surface area (Å²) in [7, 11) is 1.54. The van der Waals surface area contributed by atoms with Crippen LogP contribution in [0.2, 0.25) is 0 Å². The number of carbonyl (C=O) groups is 2. The van der Waals surface area contributed by atoms with E-state index >= 15 is 0 Å². The average molecular weight is 531 g/mol. The van der Waals surface area contributed by atoms with E-state index in [0.717, 1.165) is 12.0 Å². The van der Waals surface area contributed by atoms with Crippen LogP contribution in [-0.4, -0.2) is 47.0 Å². The number of Topliss-reactive ketones (excluding diaryl/α,β-unsaturated/α-hetero) is 1. The number of aliphatic hydroxyl groups excluding tert-OH is 1. The number of amides is 1. The number of ketones is 1. The maximum absolute atomic E-state index is 13.4. The highest BCUT2D eigenvalue weighted by Gasteiger charge is 2.46. The molecule has 1 atom stereocenters. The summed E-state index contributed by atoms with van der Waals surface area (Å²) in [5.74, 6) is 0.355. The van der Waals surface area contributed by atoms with Gasteiger partial charge in [0, 0.05) is 24.5 Å². The molecule has 4 rings (SSSR count). The van der Waals surface area contributed by atoms with Crippen molar-refractivity contribution in [2.75, 3.05) is 20.3 Å². The second-order valence-electron chi connectivity index (χ2n) is 9.68. The highest BCUT2D eigenvalue weighted by atomic mass is 16.5. The number of methoxy groups -OCH3 is 1. The summed E-state index contributed by atoms with van der Waals surface area (Å²) in [6.07, 6.45) is 4.15. The molecule has 1 aliphatic rings. The normalized spacial score (nSPS) is 16.5. The second-order valence-corrected chi connectivity index (χ2v) is 9.68. The van der Waals surface area contributed by atoms with Crippen molar-refractivity contribution in [3.05, 3.63) is 89.3 Å². The summed E-state index contributed by atoms with van der Waals surface area (Å²) in [6.45, 7) is 7.25. The molecule has 1 unspecified atom stereocenters. The maximum atomic E-state index is 13.4. The Labute approximate surface area is 228 Å². The lowest BCUT2D eigenvalue weighted by Crippen LogP contribution is -2.29. The van der Waals surface area contributed by atoms with E-state index in [1.807, 2.05) is 6.92 Å². The summed E-state index contributed by atoms with van der Waals surface area (Å²) < 4.78 is 17.1. The third-order valence-corrected chi connectivity index (χ3v) is 6.52. The Morgan fingerprint density at radius 1 is 1.03 bits per heavy atom. The van der Waals surface area contributed by atoms with Gasteiger partial charge in [0.25, 0.3) is 11.7 Å². The van der Waals surface area contributed by atoms with Crippen molar-refractivity contribution >= 4 is 17.4 Å². The number of nitrogens with zero attached hydrogens (tertiary/aromatic N) is 2. The van der Waals surface area contributed by atoms with Gasteiger partial charge >= 0.3 is 0 Å². The lowest BCUT2D eigenvalue weighted by Gasteiger charge is -2.26. The third-order valence-electron chi connectivity index (χ3n) is 6.52. The van der Waals surface area contributed by atoms with Crippen LogP contribution in [0.1, 0.15) is 49.9 Å². The van der Waals surface area contributed by atoms with Crippen LogP contribution in [0.15, 0.2) is 72.6 Å². The summed E-state index contributed by atoms with van der Waals surface area (Å²) >= 11 is 0. The Kier molecular flexibility index (Phi) is 8.86. The first-order chi connectivity index (χ1) is 18.8. The fourth-order valence-electron chi connectivity index (χ4n) is 4.51. The minimum absolute atomic E-state index is 0.00164. The number of ether oxygens (including phenoxy) is 3. The lowest BCUT2D eigenvalue weighted by molar-refractivity contribution is -0.140. The number of aromatic nitrogens is 1. The Morgan fingerprint density at radius 3 is 2.49 bits per heavy atom. The zero-order valence-electron chi connectivity index (χ0n) is 22.7. The monoisotopic (exact) mass is 530 g/mol. The van der Waals surface area contributed by atoms with Crippen molar-refractivity contribution in [1.29, 1.82) is 0 Å². The van der Waals surface area contributed by atoms with E-state index in [-0.39, 0.29) is 17.9 Å². The summed E-state index contributed by atoms with van der Waals surface area (Å²) in [6, 6.07) is 14.9. The van der Waals surface area contributed by atoms with E-state index in [9.17, 15) is 14.7 Å². The predicted octanol–water partition coefficient (Wildman–Crippen LogP) is 5.54. The van der Waals surface area contributed by atoms with Crippen molar-refractivity contribution in [3.63, 3.8) is 0 Å². The molecule has 8 nitrogen and oxygen atoms in total. The molecule has 8 heteroatoms. The van der Waals surface area contributed by atoms with Crippen molar-refractivity contribution in [2.45, 2.75) is 39.8 Å². The first-order valence-electron chi connectivity index (χ1n) is 13.0. The summed E-state index contributed by atoms with van der Waals surface area (Å²) in [5.41, 5.74) is 1.79. The number of benzene rings is 2. The van der Waals surface area contributed by atoms with Gasteiger partial charge in [-0.05, 0) is 66.8 Å². The minimum atomic E-state index is -0.854. The zero-order chi connectivity index (χ0) is 27.9. The van der Waals surface area contributed by atoms with Crippen LogP contribution >= 0.6 is 0 Å². The molecule has 1 saturated heterocycles. The van der Waals surface area contributed by atoms with Crippen LogP contribution in [0.4, 0.5) is 0 Å². The van der Waals surface area contributed by atoms with E-state index in [4.69, 9.17) is 14.2 Å². The molecule has 1 aliphatic heterocycles. The second kappa shape index (κ2) is 12.5. The van der Waals surface area contributed by atoms with E-state index in [1.54, 1.807) is 74.1 Å². The SMILES string of the molecule is CCOc1cccc(C(O)=C2C(=O)C(=O)N(Cc3ccncc3)C2c2ccc(OCCC(C)C)c(OC)c2)c1. The van der Waals surface area contributed by atoms with E-state index in [0.29, 0.717) is 47.5 Å². The van der Waals surface area contributed by atoms with Gasteiger partial charge in [-0.25, -0.2) is 0 Å². The molecule has 0 saturated carbocycles. The van der Waals surface area contributed by atoms with Gasteiger partial charge in [0.2, 0.25) is 0 Å². The maximum Gasteiger partial charge on any atom is 0.295 e. The van der Waals surface area contributed by atoms with Gasteiger partial charge in [-0.3, -0.25) is 14.6 Å². The number of rotatable bonds is 11. The predicted molar refractivity (Wildman–Crippen MR) is 148 cm³/mol. The van der Waals surface area contributed by atoms with Gasteiger partial charge in [0.1, 0.15) is 11.5 Å². The zero-order valence-corrected chi connectivity index (χ0v) is 22.7. The first kappa shape index (κ1) is 27.7. The van der Waals surface area contributed by atoms with Crippen molar-refractivity contribution in [1.82, 2.24) is 9.88 Å². The van der Waals surface area contributed by atoms with Crippen molar-refractivity contribution in [2.24, 2.45) is 5.92 Å². The standard InChI is InChI=1S/C31H34N2O6/c1-5-38-24-8-6-7-23(17-24)29(34)27-28(33(31(36)30(27)35)19-21-11-14-32-15-12-21)22-9-10-25(26(18-22)37-4)39-16-13-20(2)3/h6-12,14-15,17-18,20,28,34H,5,13,16,19H2,1-4H3. The number of hydrogen-bond donors (Lipinski definition) is 1. The molecule has 1 amide bonds. The molecular formula is C31H34N2O6. The van der Waals surface area contributed by atoms with Gasteiger partial charge in [-0.1, -0.05) is 32.0 Å². The van der Waals surface area contributed by atoms with Crippen molar-refractivity contribution in [3.8, 4) is 17.2 Å². The largest absolute Gasteiger partial charge is 0.507 e. The van der Waals surface area contributed by atoms with Gasteiger partial charge in [0.15, 0.2) is 11.5 Å². The smallest absolute Gasteiger partial charge is 0.295 e. The lowest BCUT2D eigenvalue weighted by atomic mass is 9.94. The minimum Gasteiger partial charge on any atom is -0.507 e. The van der Waals surface area contributed by atoms with Crippen LogP contribution in [0.5, 0.6) is 17.2 Å². The van der Waals surface area contributed by atoms with E-state index < -0.39 is 17.7 Å². The number of likely N-dealkylation sites (tertiary alicyclic amines) is 1. The molecule has 0 aliphatic carbocycles. The fourth-order valence-corrected chi connectivity index (χ4v) is 4.51. The molecule has 0 bridgehead atoms. The highest BCUT2D eigenvalue weighted by Crippen LogP contribution is 2.43. The molecule has 3 aromatic rings. The van der Waals surface area contributed by atoms with Crippen LogP contribution in [0.25, 0.3) is 5.76 Å². The molecule has 0 radical (unpaired) electrons. The summed E-state index contributed by atoms with van der Waals surface area (Å²) in [4.78, 5) is 32.3. The highest BCUT2D eigenvalue weighted by molar-refractivity contribution is 6.46. The van der Waals surface area contributed by atoms with E-state index in [2.05, 4.69) is 18.8 Å². The molecule has 1 aromatic heterocycles. The number of carbonyl (C=O) groups excluding carboxylic acids is 2. The fraction of sp³-hybridized carbons (Fsp3) is 0.323. The van der Waals surface area contributed by atoms with Crippen LogP contribution in [0, 0.1) is 5.92 Å². The molecule has 2 heterocycles. The van der Waals surface area contributed by atoms with Gasteiger partial charge < -0.3 is 24.2 Å².